The molecule has 2 aliphatic carbocycles. The summed E-state index contributed by atoms with van der Waals surface area (Å²) in [5.74, 6) is 3.11. The zero-order chi connectivity index (χ0) is 14.7. The van der Waals surface area contributed by atoms with Gasteiger partial charge in [0.25, 0.3) is 0 Å². The Kier molecular flexibility index (Phi) is 3.04. The maximum absolute atomic E-state index is 6.23. The molecular formula is C19H24ClNO. The lowest BCUT2D eigenvalue weighted by atomic mass is 9.74. The average molecular weight is 318 g/mol. The highest BCUT2D eigenvalue weighted by molar-refractivity contribution is 6.30. The Labute approximate surface area is 137 Å². The van der Waals surface area contributed by atoms with Crippen LogP contribution in [0.25, 0.3) is 0 Å². The number of nitrogens with zero attached hydrogens (tertiary/aromatic N) is 1. The van der Waals surface area contributed by atoms with Gasteiger partial charge in [0, 0.05) is 22.0 Å². The highest BCUT2D eigenvalue weighted by Crippen LogP contribution is 2.50. The molecule has 118 valence electrons. The first-order valence-corrected chi connectivity index (χ1v) is 9.28. The highest BCUT2D eigenvalue weighted by atomic mass is 35.5. The fraction of sp³-hybridized carbons (Fsp3) is 0.684. The molecule has 2 heterocycles. The summed E-state index contributed by atoms with van der Waals surface area (Å²) >= 11 is 6.23. The van der Waals surface area contributed by atoms with Crippen LogP contribution in [0, 0.1) is 11.8 Å². The van der Waals surface area contributed by atoms with E-state index in [1.807, 2.05) is 6.07 Å². The van der Waals surface area contributed by atoms with Crippen LogP contribution in [0.2, 0.25) is 5.02 Å². The van der Waals surface area contributed by atoms with Crippen LogP contribution in [-0.2, 0) is 5.41 Å². The van der Waals surface area contributed by atoms with Gasteiger partial charge in [0.2, 0.25) is 0 Å². The Morgan fingerprint density at radius 3 is 2.73 bits per heavy atom. The van der Waals surface area contributed by atoms with Crippen molar-refractivity contribution < 1.29 is 4.74 Å². The van der Waals surface area contributed by atoms with Crippen LogP contribution in [0.3, 0.4) is 0 Å². The number of fused-ring (bicyclic) bond motifs is 4. The first kappa shape index (κ1) is 13.7. The van der Waals surface area contributed by atoms with Crippen molar-refractivity contribution in [2.24, 2.45) is 11.8 Å². The molecule has 4 aliphatic rings. The van der Waals surface area contributed by atoms with Crippen LogP contribution in [0.15, 0.2) is 18.2 Å². The predicted molar refractivity (Wildman–Crippen MR) is 88.7 cm³/mol. The van der Waals surface area contributed by atoms with E-state index < -0.39 is 0 Å². The third kappa shape index (κ3) is 1.96. The minimum absolute atomic E-state index is 0.231. The summed E-state index contributed by atoms with van der Waals surface area (Å²) in [6, 6.07) is 7.03. The lowest BCUT2D eigenvalue weighted by Gasteiger charge is -2.43. The van der Waals surface area contributed by atoms with Gasteiger partial charge < -0.3 is 9.64 Å². The second-order valence-electron chi connectivity index (χ2n) is 7.99. The Bertz CT molecular complexity index is 593. The summed E-state index contributed by atoms with van der Waals surface area (Å²) < 4.78 is 5.98. The zero-order valence-electron chi connectivity index (χ0n) is 13.1. The molecule has 1 aromatic carbocycles. The van der Waals surface area contributed by atoms with E-state index in [0.717, 1.165) is 35.3 Å². The van der Waals surface area contributed by atoms with Crippen LogP contribution < -0.4 is 4.74 Å². The maximum atomic E-state index is 6.23. The van der Waals surface area contributed by atoms with Crippen molar-refractivity contribution >= 4 is 11.6 Å². The molecule has 3 heteroatoms. The predicted octanol–water partition coefficient (Wildman–Crippen LogP) is 4.25. The number of hydrogen-bond acceptors (Lipinski definition) is 2. The molecule has 1 aromatic rings. The van der Waals surface area contributed by atoms with Crippen molar-refractivity contribution in [2.75, 3.05) is 19.7 Å². The Balaban J connectivity index is 1.34. The van der Waals surface area contributed by atoms with E-state index in [1.165, 1.54) is 57.2 Å². The molecule has 2 bridgehead atoms. The molecule has 0 amide bonds. The van der Waals surface area contributed by atoms with Crippen molar-refractivity contribution in [3.05, 3.63) is 28.8 Å². The average Bonchev–Trinajstić information content (AvgIpc) is 3.24. The molecule has 2 nitrogen and oxygen atoms in total. The third-order valence-electron chi connectivity index (χ3n) is 6.94. The van der Waals surface area contributed by atoms with E-state index in [9.17, 15) is 0 Å². The van der Waals surface area contributed by atoms with Crippen molar-refractivity contribution in [1.29, 1.82) is 0 Å². The van der Waals surface area contributed by atoms with E-state index in [-0.39, 0.29) is 5.41 Å². The van der Waals surface area contributed by atoms with Crippen LogP contribution in [0.1, 0.15) is 44.1 Å². The molecular weight excluding hydrogens is 294 g/mol. The summed E-state index contributed by atoms with van der Waals surface area (Å²) in [7, 11) is 0. The SMILES string of the molecule is Clc1ccc2c(c1)C1(CCN([C@H]3C[C@@H]4CC[C@H]3C4)CC1)CO2. The fourth-order valence-electron chi connectivity index (χ4n) is 5.69. The number of piperidine rings is 1. The Hall–Kier alpha value is -0.730. The minimum Gasteiger partial charge on any atom is -0.492 e. The Morgan fingerprint density at radius 1 is 1.14 bits per heavy atom. The number of hydrogen-bond donors (Lipinski definition) is 0. The lowest BCUT2D eigenvalue weighted by molar-refractivity contribution is 0.0747. The van der Waals surface area contributed by atoms with Crippen LogP contribution >= 0.6 is 11.6 Å². The zero-order valence-corrected chi connectivity index (χ0v) is 13.8. The number of likely N-dealkylation sites (tertiary alicyclic amines) is 1. The summed E-state index contributed by atoms with van der Waals surface area (Å²) in [5, 5.41) is 0.846. The van der Waals surface area contributed by atoms with E-state index in [2.05, 4.69) is 17.0 Å². The molecule has 0 radical (unpaired) electrons. The summed E-state index contributed by atoms with van der Waals surface area (Å²) in [6.07, 6.45) is 8.42. The van der Waals surface area contributed by atoms with Gasteiger partial charge in [0.05, 0.1) is 6.61 Å². The molecule has 0 aromatic heterocycles. The van der Waals surface area contributed by atoms with Gasteiger partial charge >= 0.3 is 0 Å². The molecule has 3 atom stereocenters. The van der Waals surface area contributed by atoms with Crippen molar-refractivity contribution in [1.82, 2.24) is 4.90 Å². The summed E-state index contributed by atoms with van der Waals surface area (Å²) in [5.41, 5.74) is 1.60. The van der Waals surface area contributed by atoms with E-state index in [0.29, 0.717) is 0 Å². The molecule has 22 heavy (non-hydrogen) atoms. The summed E-state index contributed by atoms with van der Waals surface area (Å²) in [6.45, 7) is 3.33. The molecule has 2 aliphatic heterocycles. The van der Waals surface area contributed by atoms with Gasteiger partial charge in [-0.3, -0.25) is 0 Å². The largest absolute Gasteiger partial charge is 0.492 e. The van der Waals surface area contributed by atoms with Crippen molar-refractivity contribution in [3.63, 3.8) is 0 Å². The number of halogens is 1. The quantitative estimate of drug-likeness (QED) is 0.767. The van der Waals surface area contributed by atoms with Gasteiger partial charge in [-0.05, 0) is 75.2 Å². The van der Waals surface area contributed by atoms with Gasteiger partial charge in [-0.15, -0.1) is 0 Å². The first-order chi connectivity index (χ1) is 10.7. The highest BCUT2D eigenvalue weighted by Gasteiger charge is 2.47. The second-order valence-corrected chi connectivity index (χ2v) is 8.42. The third-order valence-corrected chi connectivity index (χ3v) is 7.18. The second kappa shape index (κ2) is 4.88. The molecule has 0 unspecified atom stereocenters. The first-order valence-electron chi connectivity index (χ1n) is 8.90. The summed E-state index contributed by atoms with van der Waals surface area (Å²) in [4.78, 5) is 2.80. The van der Waals surface area contributed by atoms with Gasteiger partial charge in [0.1, 0.15) is 5.75 Å². The van der Waals surface area contributed by atoms with Gasteiger partial charge in [-0.25, -0.2) is 0 Å². The van der Waals surface area contributed by atoms with Gasteiger partial charge in [-0.1, -0.05) is 18.0 Å². The molecule has 1 saturated heterocycles. The monoisotopic (exact) mass is 317 g/mol. The van der Waals surface area contributed by atoms with E-state index in [1.54, 1.807) is 0 Å². The van der Waals surface area contributed by atoms with Crippen LogP contribution in [0.5, 0.6) is 5.75 Å². The molecule has 2 saturated carbocycles. The normalized spacial score (nSPS) is 35.8. The maximum Gasteiger partial charge on any atom is 0.123 e. The van der Waals surface area contributed by atoms with E-state index >= 15 is 0 Å². The topological polar surface area (TPSA) is 12.5 Å². The fourth-order valence-corrected chi connectivity index (χ4v) is 5.86. The van der Waals surface area contributed by atoms with Gasteiger partial charge in [-0.2, -0.15) is 0 Å². The molecule has 3 fully saturated rings. The molecule has 1 spiro atoms. The minimum atomic E-state index is 0.231. The molecule has 0 N–H and O–H groups in total. The Morgan fingerprint density at radius 2 is 2.00 bits per heavy atom. The van der Waals surface area contributed by atoms with E-state index in [4.69, 9.17) is 16.3 Å². The molecule has 5 rings (SSSR count). The number of ether oxygens (including phenoxy) is 1. The standard InChI is InChI=1S/C19H24ClNO/c20-15-3-4-18-16(11-15)19(12-22-18)5-7-21(8-6-19)17-10-13-1-2-14(17)9-13/h3-4,11,13-14,17H,1-2,5-10,12H2/t13-,14+,17+/m1/s1. The number of benzene rings is 1. The van der Waals surface area contributed by atoms with Crippen molar-refractivity contribution in [2.45, 2.75) is 50.0 Å². The van der Waals surface area contributed by atoms with Crippen LogP contribution in [0.4, 0.5) is 0 Å². The van der Waals surface area contributed by atoms with Crippen molar-refractivity contribution in [3.8, 4) is 5.75 Å². The van der Waals surface area contributed by atoms with Gasteiger partial charge in [0.15, 0.2) is 0 Å². The lowest BCUT2D eigenvalue weighted by Crippen LogP contribution is -2.49. The number of rotatable bonds is 1. The smallest absolute Gasteiger partial charge is 0.123 e. The van der Waals surface area contributed by atoms with Crippen LogP contribution in [-0.4, -0.2) is 30.6 Å².